The van der Waals surface area contributed by atoms with Crippen molar-refractivity contribution in [2.24, 2.45) is 0 Å². The van der Waals surface area contributed by atoms with Crippen molar-refractivity contribution in [3.8, 4) is 0 Å². The van der Waals surface area contributed by atoms with Crippen molar-refractivity contribution in [1.82, 2.24) is 4.90 Å². The maximum Gasteiger partial charge on any atom is 0.331 e. The summed E-state index contributed by atoms with van der Waals surface area (Å²) in [5.41, 5.74) is 0.851. The van der Waals surface area contributed by atoms with Gasteiger partial charge in [-0.2, -0.15) is 0 Å². The van der Waals surface area contributed by atoms with Crippen LogP contribution in [0.2, 0.25) is 0 Å². The first-order valence-corrected chi connectivity index (χ1v) is 6.30. The van der Waals surface area contributed by atoms with Crippen LogP contribution in [0.1, 0.15) is 5.56 Å². The standard InChI is InChI=1S/C13H11NO4S/c1-18-11(15)7-10-12(16)14(13(17)19-10)8-9-5-3-2-4-6-9/h2-7H,8H2,1H3/b10-7-. The number of rotatable bonds is 3. The summed E-state index contributed by atoms with van der Waals surface area (Å²) in [7, 11) is 1.22. The number of ether oxygens (including phenoxy) is 1. The van der Waals surface area contributed by atoms with E-state index in [1.54, 1.807) is 0 Å². The molecule has 0 saturated carbocycles. The lowest BCUT2D eigenvalue weighted by atomic mass is 10.2. The van der Waals surface area contributed by atoms with Crippen LogP contribution in [0.25, 0.3) is 0 Å². The van der Waals surface area contributed by atoms with Gasteiger partial charge in [-0.25, -0.2) is 4.79 Å². The molecule has 19 heavy (non-hydrogen) atoms. The Kier molecular flexibility index (Phi) is 4.01. The summed E-state index contributed by atoms with van der Waals surface area (Å²) in [5, 5.41) is -0.385. The molecule has 98 valence electrons. The zero-order valence-corrected chi connectivity index (χ0v) is 11.0. The van der Waals surface area contributed by atoms with Crippen LogP contribution in [0.4, 0.5) is 4.79 Å². The van der Waals surface area contributed by atoms with Crippen molar-refractivity contribution >= 4 is 28.9 Å². The summed E-state index contributed by atoms with van der Waals surface area (Å²) < 4.78 is 4.44. The summed E-state index contributed by atoms with van der Waals surface area (Å²) in [4.78, 5) is 36.0. The number of hydrogen-bond acceptors (Lipinski definition) is 5. The normalized spacial score (nSPS) is 17.1. The van der Waals surface area contributed by atoms with E-state index in [0.29, 0.717) is 0 Å². The first kappa shape index (κ1) is 13.4. The second-order valence-corrected chi connectivity index (χ2v) is 4.77. The number of carbonyl (C=O) groups excluding carboxylic acids is 3. The van der Waals surface area contributed by atoms with E-state index in [1.807, 2.05) is 30.3 Å². The first-order valence-electron chi connectivity index (χ1n) is 5.49. The molecule has 1 aromatic carbocycles. The smallest absolute Gasteiger partial charge is 0.331 e. The lowest BCUT2D eigenvalue weighted by Crippen LogP contribution is -2.27. The van der Waals surface area contributed by atoms with Crippen LogP contribution in [-0.4, -0.2) is 29.1 Å². The van der Waals surface area contributed by atoms with Gasteiger partial charge in [0.25, 0.3) is 11.1 Å². The molecule has 0 N–H and O–H groups in total. The fourth-order valence-electron chi connectivity index (χ4n) is 1.57. The van der Waals surface area contributed by atoms with E-state index in [9.17, 15) is 14.4 Å². The predicted molar refractivity (Wildman–Crippen MR) is 70.1 cm³/mol. The van der Waals surface area contributed by atoms with E-state index in [2.05, 4.69) is 4.74 Å². The Morgan fingerprint density at radius 1 is 1.32 bits per heavy atom. The van der Waals surface area contributed by atoms with Crippen LogP contribution < -0.4 is 0 Å². The third-order valence-corrected chi connectivity index (χ3v) is 3.41. The van der Waals surface area contributed by atoms with Crippen LogP contribution in [-0.2, 0) is 20.9 Å². The summed E-state index contributed by atoms with van der Waals surface area (Å²) in [6, 6.07) is 9.17. The Bertz CT molecular complexity index is 553. The van der Waals surface area contributed by atoms with Crippen molar-refractivity contribution in [2.45, 2.75) is 6.54 Å². The fourth-order valence-corrected chi connectivity index (χ4v) is 2.37. The quantitative estimate of drug-likeness (QED) is 0.624. The van der Waals surface area contributed by atoms with Gasteiger partial charge in [0.2, 0.25) is 0 Å². The Morgan fingerprint density at radius 3 is 2.63 bits per heavy atom. The zero-order chi connectivity index (χ0) is 13.8. The van der Waals surface area contributed by atoms with E-state index in [0.717, 1.165) is 28.3 Å². The number of hydrogen-bond donors (Lipinski definition) is 0. The number of nitrogens with zero attached hydrogens (tertiary/aromatic N) is 1. The lowest BCUT2D eigenvalue weighted by Gasteiger charge is -2.11. The van der Waals surface area contributed by atoms with Crippen molar-refractivity contribution in [1.29, 1.82) is 0 Å². The molecule has 0 bridgehead atoms. The van der Waals surface area contributed by atoms with Gasteiger partial charge in [0.1, 0.15) is 0 Å². The van der Waals surface area contributed by atoms with Gasteiger partial charge < -0.3 is 4.74 Å². The van der Waals surface area contributed by atoms with E-state index in [4.69, 9.17) is 0 Å². The molecule has 1 fully saturated rings. The van der Waals surface area contributed by atoms with Crippen LogP contribution in [0.3, 0.4) is 0 Å². The van der Waals surface area contributed by atoms with E-state index in [-0.39, 0.29) is 16.7 Å². The summed E-state index contributed by atoms with van der Waals surface area (Å²) in [6.07, 6.45) is 1.04. The predicted octanol–water partition coefficient (Wildman–Crippen LogP) is 1.94. The Balaban J connectivity index is 2.15. The minimum absolute atomic E-state index is 0.0905. The topological polar surface area (TPSA) is 63.7 Å². The molecular formula is C13H11NO4S. The van der Waals surface area contributed by atoms with Crippen LogP contribution in [0.5, 0.6) is 0 Å². The molecule has 1 heterocycles. The minimum atomic E-state index is -0.648. The third-order valence-electron chi connectivity index (χ3n) is 2.51. The van der Waals surface area contributed by atoms with Crippen LogP contribution >= 0.6 is 11.8 Å². The molecule has 0 spiro atoms. The number of methoxy groups -OCH3 is 1. The number of thioether (sulfide) groups is 1. The molecule has 1 aromatic rings. The molecular weight excluding hydrogens is 266 g/mol. The molecule has 2 rings (SSSR count). The van der Waals surface area contributed by atoms with E-state index < -0.39 is 11.9 Å². The average molecular weight is 277 g/mol. The number of carbonyl (C=O) groups is 3. The molecule has 5 nitrogen and oxygen atoms in total. The highest BCUT2D eigenvalue weighted by atomic mass is 32.2. The molecule has 0 aliphatic carbocycles. The van der Waals surface area contributed by atoms with Crippen LogP contribution in [0.15, 0.2) is 41.3 Å². The van der Waals surface area contributed by atoms with Gasteiger partial charge in [-0.15, -0.1) is 0 Å². The van der Waals surface area contributed by atoms with Gasteiger partial charge >= 0.3 is 5.97 Å². The van der Waals surface area contributed by atoms with Gasteiger partial charge in [0, 0.05) is 6.08 Å². The second kappa shape index (κ2) is 5.71. The molecule has 1 saturated heterocycles. The molecule has 0 aromatic heterocycles. The summed E-state index contributed by atoms with van der Waals surface area (Å²) in [6.45, 7) is 0.198. The van der Waals surface area contributed by atoms with Crippen molar-refractivity contribution in [2.75, 3.05) is 7.11 Å². The summed E-state index contributed by atoms with van der Waals surface area (Å²) >= 11 is 0.742. The third kappa shape index (κ3) is 3.03. The van der Waals surface area contributed by atoms with Gasteiger partial charge in [0.05, 0.1) is 18.6 Å². The van der Waals surface area contributed by atoms with Crippen molar-refractivity contribution in [3.63, 3.8) is 0 Å². The van der Waals surface area contributed by atoms with Crippen molar-refractivity contribution < 1.29 is 19.1 Å². The molecule has 1 aliphatic heterocycles. The van der Waals surface area contributed by atoms with Crippen LogP contribution in [0, 0.1) is 0 Å². The van der Waals surface area contributed by atoms with Gasteiger partial charge in [-0.1, -0.05) is 30.3 Å². The van der Waals surface area contributed by atoms with Crippen molar-refractivity contribution in [3.05, 3.63) is 46.9 Å². The van der Waals surface area contributed by atoms with E-state index >= 15 is 0 Å². The Morgan fingerprint density at radius 2 is 2.00 bits per heavy atom. The Labute approximate surface area is 114 Å². The highest BCUT2D eigenvalue weighted by molar-refractivity contribution is 8.18. The minimum Gasteiger partial charge on any atom is -0.466 e. The van der Waals surface area contributed by atoms with Gasteiger partial charge in [0.15, 0.2) is 0 Å². The zero-order valence-electron chi connectivity index (χ0n) is 10.2. The number of amides is 2. The molecule has 0 radical (unpaired) electrons. The lowest BCUT2D eigenvalue weighted by molar-refractivity contribution is -0.135. The number of esters is 1. The summed E-state index contributed by atoms with van der Waals surface area (Å²) in [5.74, 6) is -1.12. The number of benzene rings is 1. The highest BCUT2D eigenvalue weighted by Crippen LogP contribution is 2.31. The first-order chi connectivity index (χ1) is 9.11. The van der Waals surface area contributed by atoms with Gasteiger partial charge in [-0.05, 0) is 17.3 Å². The molecule has 1 aliphatic rings. The molecule has 0 atom stereocenters. The Hall–Kier alpha value is -2.08. The van der Waals surface area contributed by atoms with E-state index in [1.165, 1.54) is 7.11 Å². The second-order valence-electron chi connectivity index (χ2n) is 3.78. The monoisotopic (exact) mass is 277 g/mol. The SMILES string of the molecule is COC(=O)/C=C1\SC(=O)N(Cc2ccccc2)C1=O. The molecule has 6 heteroatoms. The largest absolute Gasteiger partial charge is 0.466 e. The molecule has 0 unspecified atom stereocenters. The maximum absolute atomic E-state index is 12.0. The number of imide groups is 1. The molecule has 2 amide bonds. The highest BCUT2D eigenvalue weighted by Gasteiger charge is 2.35. The maximum atomic E-state index is 12.0. The fraction of sp³-hybridized carbons (Fsp3) is 0.154. The van der Waals surface area contributed by atoms with Gasteiger partial charge in [-0.3, -0.25) is 14.5 Å². The average Bonchev–Trinajstić information content (AvgIpc) is 2.67.